The maximum Gasteiger partial charge on any atom is 0.321 e. The molecule has 2 rings (SSSR count). The second-order valence-corrected chi connectivity index (χ2v) is 3.74. The third-order valence-corrected chi connectivity index (χ3v) is 2.28. The molecule has 0 unspecified atom stereocenters. The summed E-state index contributed by atoms with van der Waals surface area (Å²) in [7, 11) is 1.48. The van der Waals surface area contributed by atoms with E-state index in [1.807, 2.05) is 10.9 Å². The summed E-state index contributed by atoms with van der Waals surface area (Å²) >= 11 is 5.78. The van der Waals surface area contributed by atoms with E-state index in [1.165, 1.54) is 7.11 Å². The van der Waals surface area contributed by atoms with E-state index in [2.05, 4.69) is 27.0 Å². The molecule has 2 heterocycles. The summed E-state index contributed by atoms with van der Waals surface area (Å²) in [6.45, 7) is 2.94. The fourth-order valence-corrected chi connectivity index (χ4v) is 1.54. The highest BCUT2D eigenvalue weighted by atomic mass is 35.5. The van der Waals surface area contributed by atoms with Crippen LogP contribution in [0.2, 0.25) is 5.28 Å². The molecule has 0 bridgehead atoms. The molecular formula is C10H12ClN5O. The Balaban J connectivity index is 2.34. The summed E-state index contributed by atoms with van der Waals surface area (Å²) in [4.78, 5) is 12.0. The second-order valence-electron chi connectivity index (χ2n) is 3.41. The van der Waals surface area contributed by atoms with Crippen molar-refractivity contribution in [2.75, 3.05) is 7.11 Å². The minimum Gasteiger partial charge on any atom is -0.467 e. The first-order chi connectivity index (χ1) is 8.22. The monoisotopic (exact) mass is 253 g/mol. The molecule has 0 saturated carbocycles. The van der Waals surface area contributed by atoms with Crippen LogP contribution in [0.1, 0.15) is 13.3 Å². The maximum absolute atomic E-state index is 5.78. The van der Waals surface area contributed by atoms with Crippen molar-refractivity contribution >= 4 is 11.6 Å². The molecule has 0 fully saturated rings. The van der Waals surface area contributed by atoms with Gasteiger partial charge in [-0.1, -0.05) is 6.92 Å². The lowest BCUT2D eigenvalue weighted by Crippen LogP contribution is -1.98. The Bertz CT molecular complexity index is 513. The number of ether oxygens (including phenoxy) is 1. The highest BCUT2D eigenvalue weighted by Gasteiger charge is 2.09. The molecule has 2 aromatic heterocycles. The SMILES string of the molecule is CCCn1cc(-c2nc(Cl)nc(OC)n2)cn1. The fraction of sp³-hybridized carbons (Fsp3) is 0.400. The first-order valence-corrected chi connectivity index (χ1v) is 5.59. The van der Waals surface area contributed by atoms with Crippen molar-refractivity contribution in [1.82, 2.24) is 24.7 Å². The van der Waals surface area contributed by atoms with E-state index >= 15 is 0 Å². The van der Waals surface area contributed by atoms with Gasteiger partial charge in [0.05, 0.1) is 18.9 Å². The van der Waals surface area contributed by atoms with Gasteiger partial charge in [-0.25, -0.2) is 0 Å². The predicted octanol–water partition coefficient (Wildman–Crippen LogP) is 1.81. The van der Waals surface area contributed by atoms with Gasteiger partial charge in [0.15, 0.2) is 5.82 Å². The molecule has 0 saturated heterocycles. The zero-order valence-corrected chi connectivity index (χ0v) is 10.3. The molecule has 90 valence electrons. The molecule has 0 atom stereocenters. The number of methoxy groups -OCH3 is 1. The third kappa shape index (κ3) is 2.71. The van der Waals surface area contributed by atoms with Crippen LogP contribution in [0, 0.1) is 0 Å². The molecule has 0 aliphatic rings. The van der Waals surface area contributed by atoms with E-state index in [1.54, 1.807) is 6.20 Å². The van der Waals surface area contributed by atoms with Gasteiger partial charge in [-0.3, -0.25) is 4.68 Å². The van der Waals surface area contributed by atoms with E-state index in [0.717, 1.165) is 18.5 Å². The normalized spacial score (nSPS) is 10.5. The molecule has 0 spiro atoms. The van der Waals surface area contributed by atoms with Crippen LogP contribution in [0.5, 0.6) is 6.01 Å². The summed E-state index contributed by atoms with van der Waals surface area (Å²) in [5, 5.41) is 4.31. The fourth-order valence-electron chi connectivity index (χ4n) is 1.38. The number of nitrogens with zero attached hydrogens (tertiary/aromatic N) is 5. The van der Waals surface area contributed by atoms with Gasteiger partial charge in [0.25, 0.3) is 0 Å². The maximum atomic E-state index is 5.78. The second kappa shape index (κ2) is 5.09. The zero-order valence-electron chi connectivity index (χ0n) is 9.59. The Morgan fingerprint density at radius 2 is 2.18 bits per heavy atom. The van der Waals surface area contributed by atoms with Gasteiger partial charge in [0.1, 0.15) is 0 Å². The van der Waals surface area contributed by atoms with E-state index in [4.69, 9.17) is 16.3 Å². The van der Waals surface area contributed by atoms with Crippen LogP contribution in [0.25, 0.3) is 11.4 Å². The van der Waals surface area contributed by atoms with Crippen LogP contribution in [0.4, 0.5) is 0 Å². The largest absolute Gasteiger partial charge is 0.467 e. The molecule has 17 heavy (non-hydrogen) atoms. The summed E-state index contributed by atoms with van der Waals surface area (Å²) in [5.41, 5.74) is 0.793. The van der Waals surface area contributed by atoms with Gasteiger partial charge in [0, 0.05) is 12.7 Å². The topological polar surface area (TPSA) is 65.7 Å². The van der Waals surface area contributed by atoms with Gasteiger partial charge in [-0.15, -0.1) is 0 Å². The lowest BCUT2D eigenvalue weighted by molar-refractivity contribution is 0.379. The average Bonchev–Trinajstić information content (AvgIpc) is 2.77. The van der Waals surface area contributed by atoms with Crippen LogP contribution in [0.3, 0.4) is 0 Å². The number of aryl methyl sites for hydroxylation is 1. The number of hydrogen-bond acceptors (Lipinski definition) is 5. The van der Waals surface area contributed by atoms with Crippen molar-refractivity contribution in [3.63, 3.8) is 0 Å². The number of hydrogen-bond donors (Lipinski definition) is 0. The number of halogens is 1. The van der Waals surface area contributed by atoms with Crippen LogP contribution in [-0.2, 0) is 6.54 Å². The molecule has 0 aliphatic carbocycles. The predicted molar refractivity (Wildman–Crippen MR) is 62.9 cm³/mol. The van der Waals surface area contributed by atoms with E-state index in [-0.39, 0.29) is 11.3 Å². The Kier molecular flexibility index (Phi) is 3.53. The van der Waals surface area contributed by atoms with Crippen molar-refractivity contribution in [2.24, 2.45) is 0 Å². The van der Waals surface area contributed by atoms with Crippen molar-refractivity contribution in [3.8, 4) is 17.4 Å². The first kappa shape index (κ1) is 11.8. The van der Waals surface area contributed by atoms with Crippen molar-refractivity contribution in [2.45, 2.75) is 19.9 Å². The minimum atomic E-state index is 0.107. The van der Waals surface area contributed by atoms with Crippen LogP contribution in [-0.4, -0.2) is 31.8 Å². The Morgan fingerprint density at radius 3 is 2.88 bits per heavy atom. The summed E-state index contributed by atoms with van der Waals surface area (Å²) in [5.74, 6) is 0.462. The minimum absolute atomic E-state index is 0.107. The molecule has 0 radical (unpaired) electrons. The Morgan fingerprint density at radius 1 is 1.35 bits per heavy atom. The molecular weight excluding hydrogens is 242 g/mol. The van der Waals surface area contributed by atoms with Crippen LogP contribution < -0.4 is 4.74 Å². The Hall–Kier alpha value is -1.69. The first-order valence-electron chi connectivity index (χ1n) is 5.21. The van der Waals surface area contributed by atoms with Gasteiger partial charge in [-0.2, -0.15) is 20.1 Å². The summed E-state index contributed by atoms with van der Waals surface area (Å²) in [6.07, 6.45) is 4.58. The van der Waals surface area contributed by atoms with Crippen molar-refractivity contribution in [1.29, 1.82) is 0 Å². The molecule has 0 aliphatic heterocycles. The lowest BCUT2D eigenvalue weighted by Gasteiger charge is -2.00. The van der Waals surface area contributed by atoms with E-state index in [9.17, 15) is 0 Å². The summed E-state index contributed by atoms with van der Waals surface area (Å²) < 4.78 is 6.77. The Labute approximate surface area is 104 Å². The van der Waals surface area contributed by atoms with Crippen LogP contribution in [0.15, 0.2) is 12.4 Å². The van der Waals surface area contributed by atoms with E-state index in [0.29, 0.717) is 5.82 Å². The van der Waals surface area contributed by atoms with Gasteiger partial charge in [0.2, 0.25) is 5.28 Å². The summed E-state index contributed by atoms with van der Waals surface area (Å²) in [6, 6.07) is 0.197. The number of aromatic nitrogens is 5. The molecule has 7 heteroatoms. The van der Waals surface area contributed by atoms with Gasteiger partial charge < -0.3 is 4.74 Å². The molecule has 2 aromatic rings. The molecule has 0 aromatic carbocycles. The number of rotatable bonds is 4. The third-order valence-electron chi connectivity index (χ3n) is 2.11. The molecule has 0 N–H and O–H groups in total. The molecule has 6 nitrogen and oxygen atoms in total. The van der Waals surface area contributed by atoms with Crippen molar-refractivity contribution < 1.29 is 4.74 Å². The lowest BCUT2D eigenvalue weighted by atomic mass is 10.3. The average molecular weight is 254 g/mol. The van der Waals surface area contributed by atoms with Gasteiger partial charge in [-0.05, 0) is 18.0 Å². The smallest absolute Gasteiger partial charge is 0.321 e. The zero-order chi connectivity index (χ0) is 12.3. The molecule has 0 amide bonds. The van der Waals surface area contributed by atoms with Gasteiger partial charge >= 0.3 is 6.01 Å². The van der Waals surface area contributed by atoms with E-state index < -0.39 is 0 Å². The highest BCUT2D eigenvalue weighted by molar-refractivity contribution is 6.28. The highest BCUT2D eigenvalue weighted by Crippen LogP contribution is 2.17. The standard InChI is InChI=1S/C10H12ClN5O/c1-3-4-16-6-7(5-12-16)8-13-9(11)15-10(14-8)17-2/h5-6H,3-4H2,1-2H3. The van der Waals surface area contributed by atoms with Crippen molar-refractivity contribution in [3.05, 3.63) is 17.7 Å². The van der Waals surface area contributed by atoms with Crippen LogP contribution >= 0.6 is 11.6 Å². The quantitative estimate of drug-likeness (QED) is 0.831.